The molecule has 0 saturated heterocycles. The summed E-state index contributed by atoms with van der Waals surface area (Å²) in [5, 5.41) is 25.5. The van der Waals surface area contributed by atoms with E-state index in [0.717, 1.165) is 11.3 Å². The van der Waals surface area contributed by atoms with Crippen LogP contribution in [-0.2, 0) is 0 Å². The summed E-state index contributed by atoms with van der Waals surface area (Å²) < 4.78 is 1.73. The molecular weight excluding hydrogens is 368 g/mol. The van der Waals surface area contributed by atoms with Gasteiger partial charge in [0.1, 0.15) is 17.1 Å². The van der Waals surface area contributed by atoms with E-state index in [9.17, 15) is 15.2 Å². The summed E-state index contributed by atoms with van der Waals surface area (Å²) in [5.74, 6) is 0.0797. The van der Waals surface area contributed by atoms with Gasteiger partial charge in [-0.1, -0.05) is 30.3 Å². The summed E-state index contributed by atoms with van der Waals surface area (Å²) in [5.41, 5.74) is 3.39. The first kappa shape index (κ1) is 18.1. The number of phenols is 1. The Morgan fingerprint density at radius 1 is 0.966 bits per heavy atom. The molecule has 4 aromatic rings. The molecule has 0 atom stereocenters. The fourth-order valence-electron chi connectivity index (χ4n) is 2.87. The van der Waals surface area contributed by atoms with E-state index < -0.39 is 4.92 Å². The summed E-state index contributed by atoms with van der Waals surface area (Å²) in [6.07, 6.45) is 3.45. The third-order valence-electron chi connectivity index (χ3n) is 4.34. The number of hydrogen-bond donors (Lipinski definition) is 1. The Kier molecular flexibility index (Phi) is 4.86. The summed E-state index contributed by atoms with van der Waals surface area (Å²) in [4.78, 5) is 14.9. The second-order valence-electron chi connectivity index (χ2n) is 6.26. The van der Waals surface area contributed by atoms with E-state index in [2.05, 4.69) is 10.1 Å². The molecule has 1 aromatic heterocycles. The first-order valence-corrected chi connectivity index (χ1v) is 8.84. The summed E-state index contributed by atoms with van der Waals surface area (Å²) in [7, 11) is 0. The van der Waals surface area contributed by atoms with Crippen molar-refractivity contribution in [3.8, 4) is 22.7 Å². The standard InChI is InChI=1S/C22H16N4O3/c27-21-9-5-4-8-20(21)23-14-17-15-25(18-6-2-1-3-7-18)24-22(17)16-10-12-19(13-11-16)26(28)29/h1-15,27H. The van der Waals surface area contributed by atoms with Crippen LogP contribution >= 0.6 is 0 Å². The van der Waals surface area contributed by atoms with Crippen molar-refractivity contribution in [1.82, 2.24) is 9.78 Å². The molecule has 7 heteroatoms. The van der Waals surface area contributed by atoms with Gasteiger partial charge in [-0.15, -0.1) is 0 Å². The molecule has 3 aromatic carbocycles. The van der Waals surface area contributed by atoms with Gasteiger partial charge in [0.2, 0.25) is 0 Å². The van der Waals surface area contributed by atoms with Crippen LogP contribution in [0.3, 0.4) is 0 Å². The Morgan fingerprint density at radius 3 is 2.34 bits per heavy atom. The number of nitrogens with zero attached hydrogens (tertiary/aromatic N) is 4. The lowest BCUT2D eigenvalue weighted by Crippen LogP contribution is -1.94. The number of nitro groups is 1. The van der Waals surface area contributed by atoms with E-state index in [1.165, 1.54) is 12.1 Å². The fraction of sp³-hybridized carbons (Fsp3) is 0. The summed E-state index contributed by atoms with van der Waals surface area (Å²) in [6.45, 7) is 0. The van der Waals surface area contributed by atoms with Gasteiger partial charge in [-0.2, -0.15) is 5.10 Å². The average Bonchev–Trinajstić information content (AvgIpc) is 3.18. The lowest BCUT2D eigenvalue weighted by atomic mass is 10.1. The molecule has 0 spiro atoms. The van der Waals surface area contributed by atoms with Crippen molar-refractivity contribution >= 4 is 17.6 Å². The molecular formula is C22H16N4O3. The fourth-order valence-corrected chi connectivity index (χ4v) is 2.87. The largest absolute Gasteiger partial charge is 0.506 e. The molecule has 0 aliphatic carbocycles. The van der Waals surface area contributed by atoms with Gasteiger partial charge >= 0.3 is 0 Å². The number of aromatic hydroxyl groups is 1. The number of aliphatic imine (C=N–C) groups is 1. The molecule has 0 amide bonds. The third-order valence-corrected chi connectivity index (χ3v) is 4.34. The van der Waals surface area contributed by atoms with Gasteiger partial charge in [0.25, 0.3) is 5.69 Å². The maximum atomic E-state index is 10.9. The zero-order valence-electron chi connectivity index (χ0n) is 15.2. The van der Waals surface area contributed by atoms with Crippen molar-refractivity contribution in [1.29, 1.82) is 0 Å². The molecule has 29 heavy (non-hydrogen) atoms. The minimum atomic E-state index is -0.438. The normalized spacial score (nSPS) is 11.0. The molecule has 1 N–H and O–H groups in total. The maximum Gasteiger partial charge on any atom is 0.269 e. The molecule has 0 aliphatic rings. The molecule has 4 rings (SSSR count). The first-order chi connectivity index (χ1) is 14.1. The lowest BCUT2D eigenvalue weighted by Gasteiger charge is -2.00. The zero-order valence-corrected chi connectivity index (χ0v) is 15.2. The highest BCUT2D eigenvalue weighted by Gasteiger charge is 2.13. The van der Waals surface area contributed by atoms with Crippen LogP contribution < -0.4 is 0 Å². The number of rotatable bonds is 5. The van der Waals surface area contributed by atoms with Gasteiger partial charge in [-0.3, -0.25) is 15.1 Å². The molecule has 1 heterocycles. The van der Waals surface area contributed by atoms with E-state index in [1.807, 2.05) is 36.5 Å². The van der Waals surface area contributed by atoms with E-state index in [-0.39, 0.29) is 11.4 Å². The Labute approximate surface area is 166 Å². The van der Waals surface area contributed by atoms with Gasteiger partial charge < -0.3 is 5.11 Å². The molecule has 0 radical (unpaired) electrons. The Balaban J connectivity index is 1.79. The molecule has 0 bridgehead atoms. The monoisotopic (exact) mass is 384 g/mol. The van der Waals surface area contributed by atoms with Gasteiger partial charge in [-0.05, 0) is 36.4 Å². The predicted octanol–water partition coefficient (Wildman–Crippen LogP) is 4.90. The molecule has 0 saturated carbocycles. The smallest absolute Gasteiger partial charge is 0.269 e. The van der Waals surface area contributed by atoms with Crippen molar-refractivity contribution in [2.75, 3.05) is 0 Å². The number of nitro benzene ring substituents is 1. The average molecular weight is 384 g/mol. The number of hydrogen-bond acceptors (Lipinski definition) is 5. The van der Waals surface area contributed by atoms with Crippen LogP contribution in [-0.4, -0.2) is 26.0 Å². The van der Waals surface area contributed by atoms with Crippen LogP contribution in [0.4, 0.5) is 11.4 Å². The van der Waals surface area contributed by atoms with Crippen molar-refractivity contribution < 1.29 is 10.0 Å². The van der Waals surface area contributed by atoms with Gasteiger partial charge in [-0.25, -0.2) is 4.68 Å². The molecule has 0 unspecified atom stereocenters. The first-order valence-electron chi connectivity index (χ1n) is 8.84. The van der Waals surface area contributed by atoms with Crippen LogP contribution in [0.2, 0.25) is 0 Å². The second-order valence-corrected chi connectivity index (χ2v) is 6.26. The highest BCUT2D eigenvalue weighted by Crippen LogP contribution is 2.28. The third kappa shape index (κ3) is 3.89. The predicted molar refractivity (Wildman–Crippen MR) is 111 cm³/mol. The van der Waals surface area contributed by atoms with Gasteiger partial charge in [0.15, 0.2) is 0 Å². The minimum Gasteiger partial charge on any atom is -0.506 e. The van der Waals surface area contributed by atoms with Gasteiger partial charge in [0.05, 0.1) is 10.6 Å². The lowest BCUT2D eigenvalue weighted by molar-refractivity contribution is -0.384. The zero-order chi connectivity index (χ0) is 20.2. The van der Waals surface area contributed by atoms with E-state index in [1.54, 1.807) is 47.3 Å². The van der Waals surface area contributed by atoms with Crippen molar-refractivity contribution in [2.24, 2.45) is 4.99 Å². The van der Waals surface area contributed by atoms with E-state index in [4.69, 9.17) is 0 Å². The van der Waals surface area contributed by atoms with Crippen molar-refractivity contribution in [3.63, 3.8) is 0 Å². The highest BCUT2D eigenvalue weighted by atomic mass is 16.6. The quantitative estimate of drug-likeness (QED) is 0.301. The number of non-ortho nitro benzene ring substituents is 1. The van der Waals surface area contributed by atoms with E-state index in [0.29, 0.717) is 16.9 Å². The Morgan fingerprint density at radius 2 is 1.66 bits per heavy atom. The van der Waals surface area contributed by atoms with Crippen molar-refractivity contribution in [2.45, 2.75) is 0 Å². The number of phenolic OH excluding ortho intramolecular Hbond substituents is 1. The number of para-hydroxylation sites is 3. The van der Waals surface area contributed by atoms with Gasteiger partial charge in [0, 0.05) is 35.7 Å². The number of aromatic nitrogens is 2. The van der Waals surface area contributed by atoms with Crippen LogP contribution in [0.15, 0.2) is 90.1 Å². The Hall–Kier alpha value is -4.26. The van der Waals surface area contributed by atoms with E-state index >= 15 is 0 Å². The van der Waals surface area contributed by atoms with Crippen LogP contribution in [0, 0.1) is 10.1 Å². The Bertz CT molecular complexity index is 1180. The summed E-state index contributed by atoms with van der Waals surface area (Å²) >= 11 is 0. The van der Waals surface area contributed by atoms with Crippen LogP contribution in [0.25, 0.3) is 16.9 Å². The van der Waals surface area contributed by atoms with Crippen LogP contribution in [0.1, 0.15) is 5.56 Å². The molecule has 0 aliphatic heterocycles. The minimum absolute atomic E-state index is 0.0145. The maximum absolute atomic E-state index is 10.9. The summed E-state index contributed by atoms with van der Waals surface area (Å²) in [6, 6.07) is 22.6. The molecule has 142 valence electrons. The number of benzene rings is 3. The molecule has 7 nitrogen and oxygen atoms in total. The topological polar surface area (TPSA) is 93.5 Å². The van der Waals surface area contributed by atoms with Crippen molar-refractivity contribution in [3.05, 3.63) is 101 Å². The highest BCUT2D eigenvalue weighted by molar-refractivity contribution is 5.90. The van der Waals surface area contributed by atoms with Crippen LogP contribution in [0.5, 0.6) is 5.75 Å². The second kappa shape index (κ2) is 7.77. The molecule has 0 fully saturated rings. The SMILES string of the molecule is O=[N+]([O-])c1ccc(-c2nn(-c3ccccc3)cc2C=Nc2ccccc2O)cc1.